The molecule has 0 spiro atoms. The van der Waals surface area contributed by atoms with Crippen molar-refractivity contribution in [3.05, 3.63) is 0 Å². The molecule has 5 nitrogen and oxygen atoms in total. The summed E-state index contributed by atoms with van der Waals surface area (Å²) in [5.41, 5.74) is 5.28. The highest BCUT2D eigenvalue weighted by Gasteiger charge is 2.16. The summed E-state index contributed by atoms with van der Waals surface area (Å²) >= 11 is 0. The van der Waals surface area contributed by atoms with E-state index in [1.165, 1.54) is 77.0 Å². The normalized spacial score (nSPS) is 11.2. The van der Waals surface area contributed by atoms with Gasteiger partial charge in [0.25, 0.3) is 0 Å². The maximum atomic E-state index is 12.5. The Labute approximate surface area is 193 Å². The van der Waals surface area contributed by atoms with E-state index in [-0.39, 0.29) is 12.3 Å². The molecule has 0 fully saturated rings. The zero-order valence-electron chi connectivity index (χ0n) is 21.1. The van der Waals surface area contributed by atoms with Crippen LogP contribution in [0.3, 0.4) is 0 Å². The number of nitrogens with zero attached hydrogens (tertiary/aromatic N) is 2. The zero-order chi connectivity index (χ0) is 23.2. The number of hydrogen-bond acceptors (Lipinski definition) is 3. The van der Waals surface area contributed by atoms with Gasteiger partial charge in [-0.3, -0.25) is 9.59 Å². The van der Waals surface area contributed by atoms with Crippen LogP contribution >= 0.6 is 0 Å². The van der Waals surface area contributed by atoms with Gasteiger partial charge in [-0.15, -0.1) is 0 Å². The van der Waals surface area contributed by atoms with Gasteiger partial charge in [-0.25, -0.2) is 0 Å². The van der Waals surface area contributed by atoms with Crippen molar-refractivity contribution in [2.24, 2.45) is 5.73 Å². The standard InChI is InChI=1S/C26H53N3O2/c1-4-7-10-11-12-13-14-15-16-17-22-29(26(31)24-25(27)30)23-18-21-28(19-8-5-2)20-9-6-3/h4-24H2,1-3H3,(H2,27,30). The number of unbranched alkanes of at least 4 members (excludes halogenated alkanes) is 11. The molecule has 31 heavy (non-hydrogen) atoms. The van der Waals surface area contributed by atoms with Crippen LogP contribution in [0.1, 0.15) is 124 Å². The molecule has 0 radical (unpaired) electrons. The monoisotopic (exact) mass is 439 g/mol. The van der Waals surface area contributed by atoms with Gasteiger partial charge in [-0.05, 0) is 45.3 Å². The molecule has 0 unspecified atom stereocenters. The van der Waals surface area contributed by atoms with E-state index in [0.717, 1.165) is 52.0 Å². The van der Waals surface area contributed by atoms with E-state index in [9.17, 15) is 9.59 Å². The van der Waals surface area contributed by atoms with E-state index >= 15 is 0 Å². The van der Waals surface area contributed by atoms with E-state index in [1.54, 1.807) is 0 Å². The number of primary amides is 1. The number of hydrogen-bond donors (Lipinski definition) is 1. The van der Waals surface area contributed by atoms with Gasteiger partial charge < -0.3 is 15.5 Å². The Morgan fingerprint density at radius 3 is 1.45 bits per heavy atom. The Bertz CT molecular complexity index is 421. The third-order valence-electron chi connectivity index (χ3n) is 6.02. The molecule has 0 rings (SSSR count). The molecule has 184 valence electrons. The highest BCUT2D eigenvalue weighted by molar-refractivity contribution is 5.96. The zero-order valence-corrected chi connectivity index (χ0v) is 21.1. The second-order valence-corrected chi connectivity index (χ2v) is 9.11. The summed E-state index contributed by atoms with van der Waals surface area (Å²) in [7, 11) is 0. The van der Waals surface area contributed by atoms with E-state index in [2.05, 4.69) is 25.7 Å². The van der Waals surface area contributed by atoms with Crippen LogP contribution in [-0.4, -0.2) is 54.3 Å². The van der Waals surface area contributed by atoms with Gasteiger partial charge in [0.05, 0.1) is 0 Å². The molecule has 0 atom stereocenters. The van der Waals surface area contributed by atoms with Crippen LogP contribution in [0.4, 0.5) is 0 Å². The van der Waals surface area contributed by atoms with Gasteiger partial charge in [-0.2, -0.15) is 0 Å². The molecule has 2 amide bonds. The predicted molar refractivity (Wildman–Crippen MR) is 133 cm³/mol. The summed E-state index contributed by atoms with van der Waals surface area (Å²) < 4.78 is 0. The fraction of sp³-hybridized carbons (Fsp3) is 0.923. The van der Waals surface area contributed by atoms with Gasteiger partial charge in [0.2, 0.25) is 11.8 Å². The van der Waals surface area contributed by atoms with Crippen molar-refractivity contribution >= 4 is 11.8 Å². The Morgan fingerprint density at radius 1 is 0.548 bits per heavy atom. The average molecular weight is 440 g/mol. The lowest BCUT2D eigenvalue weighted by Gasteiger charge is -2.26. The number of nitrogens with two attached hydrogens (primary N) is 1. The van der Waals surface area contributed by atoms with Crippen LogP contribution in [0.5, 0.6) is 0 Å². The first kappa shape index (κ1) is 29.9. The second kappa shape index (κ2) is 22.1. The molecular formula is C26H53N3O2. The fourth-order valence-corrected chi connectivity index (χ4v) is 4.00. The average Bonchev–Trinajstić information content (AvgIpc) is 2.74. The van der Waals surface area contributed by atoms with E-state index in [4.69, 9.17) is 5.73 Å². The first-order chi connectivity index (χ1) is 15.0. The molecule has 0 saturated carbocycles. The van der Waals surface area contributed by atoms with Crippen LogP contribution < -0.4 is 5.73 Å². The highest BCUT2D eigenvalue weighted by atomic mass is 16.2. The van der Waals surface area contributed by atoms with Crippen molar-refractivity contribution in [1.82, 2.24) is 9.80 Å². The minimum atomic E-state index is -0.523. The molecule has 0 aliphatic rings. The van der Waals surface area contributed by atoms with Crippen LogP contribution in [0.25, 0.3) is 0 Å². The summed E-state index contributed by atoms with van der Waals surface area (Å²) in [6.45, 7) is 11.5. The molecule has 0 saturated heterocycles. The molecule has 0 aromatic rings. The van der Waals surface area contributed by atoms with Gasteiger partial charge in [0.15, 0.2) is 0 Å². The van der Waals surface area contributed by atoms with Crippen molar-refractivity contribution in [1.29, 1.82) is 0 Å². The molecule has 5 heteroatoms. The third-order valence-corrected chi connectivity index (χ3v) is 6.02. The summed E-state index contributed by atoms with van der Waals surface area (Å²) in [5.74, 6) is -0.623. The van der Waals surface area contributed by atoms with Crippen molar-refractivity contribution in [2.75, 3.05) is 32.7 Å². The Morgan fingerprint density at radius 2 is 0.968 bits per heavy atom. The third kappa shape index (κ3) is 19.3. The number of carbonyl (C=O) groups excluding carboxylic acids is 2. The molecule has 0 aromatic heterocycles. The summed E-state index contributed by atoms with van der Waals surface area (Å²) in [6.07, 6.45) is 18.5. The van der Waals surface area contributed by atoms with Gasteiger partial charge in [0.1, 0.15) is 6.42 Å². The predicted octanol–water partition coefficient (Wildman–Crippen LogP) is 5.90. The van der Waals surface area contributed by atoms with Crippen molar-refractivity contribution < 1.29 is 9.59 Å². The van der Waals surface area contributed by atoms with Crippen LogP contribution in [-0.2, 0) is 9.59 Å². The first-order valence-corrected chi connectivity index (χ1v) is 13.3. The van der Waals surface area contributed by atoms with Crippen LogP contribution in [0.2, 0.25) is 0 Å². The summed E-state index contributed by atoms with van der Waals surface area (Å²) in [6, 6.07) is 0. The van der Waals surface area contributed by atoms with Crippen LogP contribution in [0, 0.1) is 0 Å². The molecule has 0 aliphatic carbocycles. The summed E-state index contributed by atoms with van der Waals surface area (Å²) in [4.78, 5) is 28.1. The Kier molecular flexibility index (Phi) is 21.3. The van der Waals surface area contributed by atoms with Gasteiger partial charge in [-0.1, -0.05) is 91.4 Å². The van der Waals surface area contributed by atoms with Crippen molar-refractivity contribution in [3.8, 4) is 0 Å². The second-order valence-electron chi connectivity index (χ2n) is 9.11. The molecular weight excluding hydrogens is 386 g/mol. The highest BCUT2D eigenvalue weighted by Crippen LogP contribution is 2.11. The van der Waals surface area contributed by atoms with E-state index in [1.807, 2.05) is 4.90 Å². The van der Waals surface area contributed by atoms with Crippen LogP contribution in [0.15, 0.2) is 0 Å². The molecule has 2 N–H and O–H groups in total. The quantitative estimate of drug-likeness (QED) is 0.159. The number of amides is 2. The summed E-state index contributed by atoms with van der Waals surface area (Å²) in [5, 5.41) is 0. The largest absolute Gasteiger partial charge is 0.369 e. The minimum Gasteiger partial charge on any atom is -0.369 e. The smallest absolute Gasteiger partial charge is 0.231 e. The molecule has 0 aromatic carbocycles. The maximum Gasteiger partial charge on any atom is 0.231 e. The lowest BCUT2D eigenvalue weighted by Crippen LogP contribution is -2.37. The molecule has 0 bridgehead atoms. The lowest BCUT2D eigenvalue weighted by atomic mass is 10.1. The Balaban J connectivity index is 4.22. The topological polar surface area (TPSA) is 66.6 Å². The van der Waals surface area contributed by atoms with E-state index < -0.39 is 5.91 Å². The van der Waals surface area contributed by atoms with Gasteiger partial charge >= 0.3 is 0 Å². The molecule has 0 heterocycles. The van der Waals surface area contributed by atoms with Crippen molar-refractivity contribution in [3.63, 3.8) is 0 Å². The SMILES string of the molecule is CCCCCCCCCCCCN(CCCN(CCCC)CCCC)C(=O)CC(N)=O. The maximum absolute atomic E-state index is 12.5. The minimum absolute atomic E-state index is 0.0999. The fourth-order valence-electron chi connectivity index (χ4n) is 4.00. The first-order valence-electron chi connectivity index (χ1n) is 13.3. The van der Waals surface area contributed by atoms with Gasteiger partial charge in [0, 0.05) is 13.1 Å². The van der Waals surface area contributed by atoms with Crippen molar-refractivity contribution in [2.45, 2.75) is 124 Å². The van der Waals surface area contributed by atoms with E-state index in [0.29, 0.717) is 0 Å². The molecule has 0 aliphatic heterocycles. The number of carbonyl (C=O) groups is 2. The Hall–Kier alpha value is -1.10. The lowest BCUT2D eigenvalue weighted by molar-refractivity contribution is -0.135. The number of rotatable bonds is 23.